The lowest BCUT2D eigenvalue weighted by Gasteiger charge is -2.08. The number of thiophene rings is 1. The van der Waals surface area contributed by atoms with Gasteiger partial charge in [-0.3, -0.25) is 0 Å². The fraction of sp³-hybridized carbons (Fsp3) is 0.167. The molecule has 0 radical (unpaired) electrons. The van der Waals surface area contributed by atoms with Crippen LogP contribution in [0.25, 0.3) is 10.1 Å². The highest BCUT2D eigenvalue weighted by molar-refractivity contribution is 7.17. The summed E-state index contributed by atoms with van der Waals surface area (Å²) in [6.45, 7) is 0. The number of aliphatic hydroxyl groups is 1. The van der Waals surface area contributed by atoms with Crippen LogP contribution in [-0.4, -0.2) is 5.11 Å². The van der Waals surface area contributed by atoms with Crippen molar-refractivity contribution in [2.45, 2.75) is 12.5 Å². The third-order valence-corrected chi connectivity index (χ3v) is 3.16. The average molecular weight is 202 g/mol. The predicted molar refractivity (Wildman–Crippen MR) is 60.2 cm³/mol. The molecule has 2 rings (SSSR count). The highest BCUT2D eigenvalue weighted by Crippen LogP contribution is 2.29. The Morgan fingerprint density at radius 1 is 1.43 bits per heavy atom. The Morgan fingerprint density at radius 3 is 3.07 bits per heavy atom. The number of hydrogen-bond donors (Lipinski definition) is 1. The molecule has 0 saturated carbocycles. The second-order valence-electron chi connectivity index (χ2n) is 3.11. The van der Waals surface area contributed by atoms with Crippen molar-refractivity contribution in [1.29, 1.82) is 0 Å². The fourth-order valence-electron chi connectivity index (χ4n) is 1.50. The van der Waals surface area contributed by atoms with Crippen LogP contribution in [0.4, 0.5) is 0 Å². The maximum Gasteiger partial charge on any atom is 0.0912 e. The van der Waals surface area contributed by atoms with Gasteiger partial charge in [0.25, 0.3) is 0 Å². The molecule has 0 aliphatic rings. The van der Waals surface area contributed by atoms with Crippen LogP contribution < -0.4 is 0 Å². The van der Waals surface area contributed by atoms with Crippen molar-refractivity contribution in [2.24, 2.45) is 0 Å². The molecule has 2 aromatic rings. The molecule has 0 spiro atoms. The molecule has 1 atom stereocenters. The Labute approximate surface area is 87.0 Å². The van der Waals surface area contributed by atoms with Gasteiger partial charge in [-0.25, -0.2) is 0 Å². The maximum atomic E-state index is 9.80. The van der Waals surface area contributed by atoms with Gasteiger partial charge in [-0.2, -0.15) is 0 Å². The third kappa shape index (κ3) is 1.52. The van der Waals surface area contributed by atoms with Gasteiger partial charge in [0.05, 0.1) is 6.10 Å². The van der Waals surface area contributed by atoms with E-state index in [9.17, 15) is 5.11 Å². The summed E-state index contributed by atoms with van der Waals surface area (Å²) in [6, 6.07) is 7.97. The third-order valence-electron chi connectivity index (χ3n) is 2.18. The van der Waals surface area contributed by atoms with Crippen molar-refractivity contribution < 1.29 is 5.11 Å². The van der Waals surface area contributed by atoms with Crippen LogP contribution in [0.5, 0.6) is 0 Å². The summed E-state index contributed by atoms with van der Waals surface area (Å²) in [5.41, 5.74) is 0.940. The average Bonchev–Trinajstić information content (AvgIpc) is 2.65. The molecule has 0 amide bonds. The van der Waals surface area contributed by atoms with Crippen LogP contribution in [0.2, 0.25) is 0 Å². The van der Waals surface area contributed by atoms with Crippen LogP contribution in [0.1, 0.15) is 18.1 Å². The first kappa shape index (κ1) is 9.26. The molecule has 1 aromatic carbocycles. The van der Waals surface area contributed by atoms with Crippen LogP contribution >= 0.6 is 11.3 Å². The standard InChI is InChI=1S/C12H10OS/c1-2-4-11(13)10-6-3-5-9-7-8-14-12(9)10/h1,3,5-8,11,13H,4H2. The van der Waals surface area contributed by atoms with Gasteiger partial charge in [0, 0.05) is 11.1 Å². The molecule has 70 valence electrons. The summed E-state index contributed by atoms with van der Waals surface area (Å²) in [4.78, 5) is 0. The van der Waals surface area contributed by atoms with Gasteiger partial charge in [-0.1, -0.05) is 18.2 Å². The quantitative estimate of drug-likeness (QED) is 0.742. The number of terminal acetylenes is 1. The molecule has 0 aliphatic carbocycles. The molecule has 1 nitrogen and oxygen atoms in total. The fourth-order valence-corrected chi connectivity index (χ4v) is 2.46. The van der Waals surface area contributed by atoms with Crippen molar-refractivity contribution in [3.8, 4) is 12.3 Å². The second kappa shape index (κ2) is 3.83. The van der Waals surface area contributed by atoms with Crippen LogP contribution in [0, 0.1) is 12.3 Å². The second-order valence-corrected chi connectivity index (χ2v) is 4.03. The van der Waals surface area contributed by atoms with Crippen molar-refractivity contribution in [3.63, 3.8) is 0 Å². The SMILES string of the molecule is C#CCC(O)c1cccc2ccsc12. The summed E-state index contributed by atoms with van der Waals surface area (Å²) in [5.74, 6) is 2.48. The predicted octanol–water partition coefficient (Wildman–Crippen LogP) is 2.96. The van der Waals surface area contributed by atoms with E-state index in [0.29, 0.717) is 6.42 Å². The van der Waals surface area contributed by atoms with Gasteiger partial charge < -0.3 is 5.11 Å². The monoisotopic (exact) mass is 202 g/mol. The van der Waals surface area contributed by atoms with E-state index in [-0.39, 0.29) is 0 Å². The molecular formula is C12H10OS. The largest absolute Gasteiger partial charge is 0.387 e. The molecule has 2 heteroatoms. The van der Waals surface area contributed by atoms with Crippen LogP contribution in [-0.2, 0) is 0 Å². The van der Waals surface area contributed by atoms with E-state index in [1.807, 2.05) is 29.6 Å². The summed E-state index contributed by atoms with van der Waals surface area (Å²) in [5, 5.41) is 13.0. The number of fused-ring (bicyclic) bond motifs is 1. The van der Waals surface area contributed by atoms with Gasteiger partial charge in [0.1, 0.15) is 0 Å². The number of hydrogen-bond acceptors (Lipinski definition) is 2. The Bertz CT molecular complexity index is 478. The number of benzene rings is 1. The molecular weight excluding hydrogens is 192 g/mol. The van der Waals surface area contributed by atoms with E-state index in [1.165, 1.54) is 5.39 Å². The highest BCUT2D eigenvalue weighted by Gasteiger charge is 2.10. The van der Waals surface area contributed by atoms with E-state index < -0.39 is 6.10 Å². The lowest BCUT2D eigenvalue weighted by molar-refractivity contribution is 0.186. The summed E-state index contributed by atoms with van der Waals surface area (Å²) >= 11 is 1.64. The summed E-state index contributed by atoms with van der Waals surface area (Å²) < 4.78 is 1.13. The van der Waals surface area contributed by atoms with Gasteiger partial charge in [-0.05, 0) is 22.4 Å². The molecule has 0 fully saturated rings. The molecule has 14 heavy (non-hydrogen) atoms. The Hall–Kier alpha value is -1.30. The van der Waals surface area contributed by atoms with Crippen molar-refractivity contribution >= 4 is 21.4 Å². The first-order valence-electron chi connectivity index (χ1n) is 4.40. The van der Waals surface area contributed by atoms with E-state index in [0.717, 1.165) is 10.3 Å². The molecule has 1 unspecified atom stereocenters. The molecule has 1 heterocycles. The lowest BCUT2D eigenvalue weighted by Crippen LogP contribution is -1.95. The normalized spacial score (nSPS) is 12.6. The van der Waals surface area contributed by atoms with E-state index in [2.05, 4.69) is 5.92 Å². The van der Waals surface area contributed by atoms with E-state index >= 15 is 0 Å². The Morgan fingerprint density at radius 2 is 2.29 bits per heavy atom. The minimum Gasteiger partial charge on any atom is -0.387 e. The van der Waals surface area contributed by atoms with E-state index in [4.69, 9.17) is 6.42 Å². The van der Waals surface area contributed by atoms with Crippen molar-refractivity contribution in [2.75, 3.05) is 0 Å². The topological polar surface area (TPSA) is 20.2 Å². The number of rotatable bonds is 2. The zero-order chi connectivity index (χ0) is 9.97. The van der Waals surface area contributed by atoms with Gasteiger partial charge in [0.15, 0.2) is 0 Å². The smallest absolute Gasteiger partial charge is 0.0912 e. The maximum absolute atomic E-state index is 9.80. The van der Waals surface area contributed by atoms with E-state index in [1.54, 1.807) is 11.3 Å². The van der Waals surface area contributed by atoms with Gasteiger partial charge in [0.2, 0.25) is 0 Å². The van der Waals surface area contributed by atoms with Gasteiger partial charge >= 0.3 is 0 Å². The van der Waals surface area contributed by atoms with Crippen LogP contribution in [0.3, 0.4) is 0 Å². The highest BCUT2D eigenvalue weighted by atomic mass is 32.1. The number of aliphatic hydroxyl groups excluding tert-OH is 1. The lowest BCUT2D eigenvalue weighted by atomic mass is 10.1. The first-order valence-corrected chi connectivity index (χ1v) is 5.28. The van der Waals surface area contributed by atoms with Gasteiger partial charge in [-0.15, -0.1) is 23.7 Å². The van der Waals surface area contributed by atoms with Crippen molar-refractivity contribution in [3.05, 3.63) is 35.2 Å². The minimum absolute atomic E-state index is 0.372. The Balaban J connectivity index is 2.51. The summed E-state index contributed by atoms with van der Waals surface area (Å²) in [7, 11) is 0. The van der Waals surface area contributed by atoms with Crippen molar-refractivity contribution in [1.82, 2.24) is 0 Å². The molecule has 0 bridgehead atoms. The van der Waals surface area contributed by atoms with Crippen LogP contribution in [0.15, 0.2) is 29.6 Å². The zero-order valence-electron chi connectivity index (χ0n) is 7.60. The Kier molecular flexibility index (Phi) is 2.53. The minimum atomic E-state index is -0.539. The molecule has 0 saturated heterocycles. The molecule has 0 aliphatic heterocycles. The molecule has 1 aromatic heterocycles. The molecule has 1 N–H and O–H groups in total. The zero-order valence-corrected chi connectivity index (χ0v) is 8.42. The summed E-state index contributed by atoms with van der Waals surface area (Å²) in [6.07, 6.45) is 5.01. The first-order chi connectivity index (χ1) is 6.83.